The highest BCUT2D eigenvalue weighted by atomic mass is 16.3. The first-order valence-electron chi connectivity index (χ1n) is 23.2. The Bertz CT molecular complexity index is 4210. The van der Waals surface area contributed by atoms with Gasteiger partial charge in [0, 0.05) is 55.1 Å². The minimum atomic E-state index is 0.842. The second-order valence-corrected chi connectivity index (χ2v) is 17.6. The van der Waals surface area contributed by atoms with Crippen LogP contribution >= 0.6 is 0 Å². The fraction of sp³-hybridized carbons (Fsp3) is 0. The summed E-state index contributed by atoms with van der Waals surface area (Å²) in [6, 6.07) is 86.8. The molecule has 0 amide bonds. The summed E-state index contributed by atoms with van der Waals surface area (Å²) in [6.45, 7) is 0. The van der Waals surface area contributed by atoms with Gasteiger partial charge in [0.2, 0.25) is 0 Å². The molecule has 0 radical (unpaired) electrons. The molecule has 3 heterocycles. The summed E-state index contributed by atoms with van der Waals surface area (Å²) < 4.78 is 15.9. The third-order valence-corrected chi connectivity index (χ3v) is 13.8. The van der Waals surface area contributed by atoms with Gasteiger partial charge in [0.1, 0.15) is 22.3 Å². The van der Waals surface area contributed by atoms with Gasteiger partial charge in [0.25, 0.3) is 0 Å². The van der Waals surface area contributed by atoms with Crippen LogP contribution in [-0.2, 0) is 0 Å². The number of rotatable bonds is 7. The molecule has 0 atom stereocenters. The van der Waals surface area contributed by atoms with Crippen molar-refractivity contribution in [3.63, 3.8) is 0 Å². The Labute approximate surface area is 391 Å². The molecule has 14 aromatic rings. The SMILES string of the molecule is c1cc(-c2cccc3c2oc2ccccc23)cc(N(c2ccc(-c3cccc4ccccc34)cc2)c2ccc(-c3ccc(-n4c5ccccc5c5ccccc54)cc3)c3oc4ccccc4c23)c1. The van der Waals surface area contributed by atoms with E-state index in [4.69, 9.17) is 8.83 Å². The molecule has 11 aromatic carbocycles. The van der Waals surface area contributed by atoms with Crippen LogP contribution in [-0.4, -0.2) is 4.57 Å². The molecule has 0 unspecified atom stereocenters. The van der Waals surface area contributed by atoms with Crippen LogP contribution < -0.4 is 4.90 Å². The van der Waals surface area contributed by atoms with Crippen LogP contribution in [0.4, 0.5) is 17.1 Å². The van der Waals surface area contributed by atoms with Gasteiger partial charge in [-0.3, -0.25) is 0 Å². The number of aromatic nitrogens is 1. The molecule has 0 spiro atoms. The van der Waals surface area contributed by atoms with Crippen LogP contribution in [0.5, 0.6) is 0 Å². The van der Waals surface area contributed by atoms with Crippen molar-refractivity contribution < 1.29 is 8.83 Å². The minimum absolute atomic E-state index is 0.842. The molecule has 0 fully saturated rings. The second-order valence-electron chi connectivity index (χ2n) is 17.6. The molecule has 0 saturated heterocycles. The Hall–Kier alpha value is -9.12. The van der Waals surface area contributed by atoms with Gasteiger partial charge in [0.15, 0.2) is 0 Å². The van der Waals surface area contributed by atoms with Crippen LogP contribution in [0.2, 0.25) is 0 Å². The van der Waals surface area contributed by atoms with E-state index in [1.165, 1.54) is 38.1 Å². The predicted octanol–water partition coefficient (Wildman–Crippen LogP) is 18.2. The van der Waals surface area contributed by atoms with Crippen molar-refractivity contribution in [2.45, 2.75) is 0 Å². The summed E-state index contributed by atoms with van der Waals surface area (Å²) in [5.41, 5.74) is 16.6. The number of benzene rings is 11. The summed E-state index contributed by atoms with van der Waals surface area (Å²) in [5, 5.41) is 9.28. The van der Waals surface area contributed by atoms with Gasteiger partial charge >= 0.3 is 0 Å². The topological polar surface area (TPSA) is 34.5 Å². The monoisotopic (exact) mass is 868 g/mol. The van der Waals surface area contributed by atoms with Crippen molar-refractivity contribution in [2.24, 2.45) is 0 Å². The minimum Gasteiger partial charge on any atom is -0.455 e. The molecule has 4 heteroatoms. The Kier molecular flexibility index (Phi) is 8.55. The van der Waals surface area contributed by atoms with Crippen LogP contribution in [0, 0.1) is 0 Å². The Morgan fingerprint density at radius 1 is 0.324 bits per heavy atom. The standard InChI is InChI=1S/C64H40N2O2/c1-2-18-48-41(14-1)15-12-23-49(48)42-30-34-45(35-31-42)65(47-17-11-16-44(40-47)50-24-13-25-55-54-21-5-9-28-60(54)67-63(50)55)59-39-38-51(64-62(59)56-22-6-10-29-61(56)68-64)43-32-36-46(37-33-43)66-57-26-7-3-19-52(57)53-20-4-8-27-58(53)66/h1-40H. The highest BCUT2D eigenvalue weighted by molar-refractivity contribution is 6.17. The van der Waals surface area contributed by atoms with Gasteiger partial charge in [-0.25, -0.2) is 0 Å². The number of hydrogen-bond acceptors (Lipinski definition) is 3. The molecule has 14 rings (SSSR count). The Morgan fingerprint density at radius 3 is 1.65 bits per heavy atom. The van der Waals surface area contributed by atoms with E-state index in [2.05, 4.69) is 240 Å². The lowest BCUT2D eigenvalue weighted by atomic mass is 9.97. The molecule has 0 aliphatic rings. The van der Waals surface area contributed by atoms with Crippen molar-refractivity contribution in [3.05, 3.63) is 243 Å². The number of fused-ring (bicyclic) bond motifs is 10. The third-order valence-electron chi connectivity index (χ3n) is 13.8. The predicted molar refractivity (Wildman–Crippen MR) is 284 cm³/mol. The number of furan rings is 2. The van der Waals surface area contributed by atoms with Gasteiger partial charge in [-0.2, -0.15) is 0 Å². The van der Waals surface area contributed by atoms with Gasteiger partial charge in [-0.1, -0.05) is 170 Å². The maximum atomic E-state index is 6.96. The van der Waals surface area contributed by atoms with Crippen molar-refractivity contribution in [2.75, 3.05) is 4.90 Å². The third kappa shape index (κ3) is 5.94. The molecule has 4 nitrogen and oxygen atoms in total. The molecule has 318 valence electrons. The van der Waals surface area contributed by atoms with E-state index in [0.29, 0.717) is 0 Å². The zero-order chi connectivity index (χ0) is 44.7. The summed E-state index contributed by atoms with van der Waals surface area (Å²) in [5.74, 6) is 0. The van der Waals surface area contributed by atoms with Crippen LogP contribution in [0.15, 0.2) is 251 Å². The molecule has 0 N–H and O–H groups in total. The molecule has 0 aliphatic heterocycles. The molecular weight excluding hydrogens is 829 g/mol. The highest BCUT2D eigenvalue weighted by Crippen LogP contribution is 2.48. The van der Waals surface area contributed by atoms with E-state index in [-0.39, 0.29) is 0 Å². The van der Waals surface area contributed by atoms with E-state index in [1.807, 2.05) is 12.1 Å². The smallest absolute Gasteiger partial charge is 0.145 e. The van der Waals surface area contributed by atoms with Crippen LogP contribution in [0.1, 0.15) is 0 Å². The van der Waals surface area contributed by atoms with E-state index >= 15 is 0 Å². The fourth-order valence-corrected chi connectivity index (χ4v) is 10.7. The number of anilines is 3. The van der Waals surface area contributed by atoms with Crippen LogP contribution in [0.3, 0.4) is 0 Å². The van der Waals surface area contributed by atoms with Crippen molar-refractivity contribution in [3.8, 4) is 39.1 Å². The number of nitrogens with zero attached hydrogens (tertiary/aromatic N) is 2. The Morgan fingerprint density at radius 2 is 0.868 bits per heavy atom. The van der Waals surface area contributed by atoms with Crippen molar-refractivity contribution in [1.29, 1.82) is 0 Å². The fourth-order valence-electron chi connectivity index (χ4n) is 10.7. The van der Waals surface area contributed by atoms with E-state index < -0.39 is 0 Å². The number of para-hydroxylation sites is 5. The maximum absolute atomic E-state index is 6.96. The van der Waals surface area contributed by atoms with Crippen LogP contribution in [0.25, 0.3) is 116 Å². The highest BCUT2D eigenvalue weighted by Gasteiger charge is 2.24. The van der Waals surface area contributed by atoms with Gasteiger partial charge < -0.3 is 18.3 Å². The molecule has 0 saturated carbocycles. The van der Waals surface area contributed by atoms with E-state index in [9.17, 15) is 0 Å². The van der Waals surface area contributed by atoms with Crippen molar-refractivity contribution in [1.82, 2.24) is 4.57 Å². The average Bonchev–Trinajstić information content (AvgIpc) is 4.10. The summed E-state index contributed by atoms with van der Waals surface area (Å²) in [4.78, 5) is 2.38. The van der Waals surface area contributed by atoms with Gasteiger partial charge in [-0.05, 0) is 106 Å². The first-order valence-corrected chi connectivity index (χ1v) is 23.2. The lowest BCUT2D eigenvalue weighted by Crippen LogP contribution is -2.10. The van der Waals surface area contributed by atoms with Gasteiger partial charge in [-0.15, -0.1) is 0 Å². The number of hydrogen-bond donors (Lipinski definition) is 0. The maximum Gasteiger partial charge on any atom is 0.145 e. The quantitative estimate of drug-likeness (QED) is 0.160. The van der Waals surface area contributed by atoms with Crippen molar-refractivity contribution >= 4 is 93.5 Å². The zero-order valence-corrected chi connectivity index (χ0v) is 36.8. The van der Waals surface area contributed by atoms with E-state index in [0.717, 1.165) is 94.4 Å². The Balaban J connectivity index is 0.952. The summed E-state index contributed by atoms with van der Waals surface area (Å²) >= 11 is 0. The zero-order valence-electron chi connectivity index (χ0n) is 36.8. The average molecular weight is 869 g/mol. The van der Waals surface area contributed by atoms with Gasteiger partial charge in [0.05, 0.1) is 22.1 Å². The largest absolute Gasteiger partial charge is 0.455 e. The second kappa shape index (κ2) is 15.2. The molecule has 68 heavy (non-hydrogen) atoms. The molecule has 3 aromatic heterocycles. The first kappa shape index (κ1) is 38.2. The van der Waals surface area contributed by atoms with E-state index in [1.54, 1.807) is 0 Å². The summed E-state index contributed by atoms with van der Waals surface area (Å²) in [6.07, 6.45) is 0. The molecular formula is C64H40N2O2. The first-order chi connectivity index (χ1) is 33.7. The summed E-state index contributed by atoms with van der Waals surface area (Å²) in [7, 11) is 0. The lowest BCUT2D eigenvalue weighted by molar-refractivity contribution is 0.669. The molecule has 0 aliphatic carbocycles. The normalized spacial score (nSPS) is 11.8. The molecule has 0 bridgehead atoms. The lowest BCUT2D eigenvalue weighted by Gasteiger charge is -2.27.